The van der Waals surface area contributed by atoms with Crippen LogP contribution >= 0.6 is 11.3 Å². The van der Waals surface area contributed by atoms with Gasteiger partial charge in [0.1, 0.15) is 11.3 Å². The van der Waals surface area contributed by atoms with Crippen LogP contribution in [0.3, 0.4) is 0 Å². The third-order valence-electron chi connectivity index (χ3n) is 3.96. The second kappa shape index (κ2) is 6.71. The minimum absolute atomic E-state index is 0.220. The monoisotopic (exact) mass is 434 g/mol. The zero-order valence-electron chi connectivity index (χ0n) is 14.2. The first-order chi connectivity index (χ1) is 13.3. The molecule has 0 aliphatic rings. The topological polar surface area (TPSA) is 124 Å². The molecule has 144 valence electrons. The smallest absolute Gasteiger partial charge is 0.263 e. The van der Waals surface area contributed by atoms with Gasteiger partial charge in [0.25, 0.3) is 10.0 Å². The molecule has 0 aliphatic carbocycles. The van der Waals surface area contributed by atoms with Crippen molar-refractivity contribution in [2.45, 2.75) is 9.79 Å². The Morgan fingerprint density at radius 3 is 2.46 bits per heavy atom. The van der Waals surface area contributed by atoms with Gasteiger partial charge < -0.3 is 0 Å². The fraction of sp³-hybridized carbons (Fsp3) is 0. The highest BCUT2D eigenvalue weighted by atomic mass is 32.2. The van der Waals surface area contributed by atoms with Crippen molar-refractivity contribution in [3.8, 4) is 10.6 Å². The second-order valence-corrected chi connectivity index (χ2v) is 10.0. The van der Waals surface area contributed by atoms with Gasteiger partial charge in [-0.25, -0.2) is 27.0 Å². The van der Waals surface area contributed by atoms with Crippen LogP contribution in [0.5, 0.6) is 0 Å². The number of rotatable bonds is 5. The number of hydrogen-bond acceptors (Lipinski definition) is 6. The van der Waals surface area contributed by atoms with Crippen molar-refractivity contribution in [1.82, 2.24) is 9.38 Å². The van der Waals surface area contributed by atoms with Gasteiger partial charge in [0.2, 0.25) is 10.0 Å². The molecular formula is C17H14N4O4S3. The Bertz CT molecular complexity index is 1380. The summed E-state index contributed by atoms with van der Waals surface area (Å²) >= 11 is 1.43. The molecule has 4 aromatic rings. The SMILES string of the molecule is NS(=O)(=O)c1cccc(S(=O)(=O)Nc2c(-c3cccs3)nc3ccccn23)c1. The minimum atomic E-state index is -4.10. The summed E-state index contributed by atoms with van der Waals surface area (Å²) in [5.41, 5.74) is 1.05. The largest absolute Gasteiger partial charge is 0.285 e. The van der Waals surface area contributed by atoms with Gasteiger partial charge in [0, 0.05) is 6.20 Å². The number of fused-ring (bicyclic) bond motifs is 1. The number of nitrogens with two attached hydrogens (primary N) is 1. The molecule has 3 heterocycles. The van der Waals surface area contributed by atoms with Crippen molar-refractivity contribution in [1.29, 1.82) is 0 Å². The predicted molar refractivity (Wildman–Crippen MR) is 107 cm³/mol. The number of hydrogen-bond donors (Lipinski definition) is 2. The molecule has 3 N–H and O–H groups in total. The van der Waals surface area contributed by atoms with Gasteiger partial charge in [-0.1, -0.05) is 18.2 Å². The zero-order valence-corrected chi connectivity index (χ0v) is 16.6. The molecule has 4 rings (SSSR count). The Morgan fingerprint density at radius 1 is 0.964 bits per heavy atom. The summed E-state index contributed by atoms with van der Waals surface area (Å²) in [6.45, 7) is 0. The number of primary sulfonamides is 1. The Kier molecular flexibility index (Phi) is 4.46. The minimum Gasteiger partial charge on any atom is -0.285 e. The van der Waals surface area contributed by atoms with Crippen LogP contribution in [0.25, 0.3) is 16.2 Å². The first kappa shape index (κ1) is 18.6. The van der Waals surface area contributed by atoms with E-state index in [4.69, 9.17) is 5.14 Å². The lowest BCUT2D eigenvalue weighted by Crippen LogP contribution is -2.17. The number of nitrogens with zero attached hydrogens (tertiary/aromatic N) is 2. The molecule has 11 heteroatoms. The van der Waals surface area contributed by atoms with Crippen molar-refractivity contribution in [2.75, 3.05) is 4.72 Å². The predicted octanol–water partition coefficient (Wildman–Crippen LogP) is 2.51. The lowest BCUT2D eigenvalue weighted by molar-refractivity contribution is 0.597. The molecule has 0 bridgehead atoms. The maximum atomic E-state index is 13.0. The normalized spacial score (nSPS) is 12.3. The number of sulfonamides is 2. The maximum Gasteiger partial charge on any atom is 0.263 e. The standard InChI is InChI=1S/C17H14N4O4S3/c18-27(22,23)12-5-3-6-13(11-12)28(24,25)20-17-16(14-7-4-10-26-14)19-15-8-1-2-9-21(15)17/h1-11,20H,(H2,18,22,23). The van der Waals surface area contributed by atoms with E-state index >= 15 is 0 Å². The Balaban J connectivity index is 1.85. The highest BCUT2D eigenvalue weighted by Gasteiger charge is 2.23. The molecular weight excluding hydrogens is 420 g/mol. The molecule has 0 spiro atoms. The van der Waals surface area contributed by atoms with Gasteiger partial charge in [-0.15, -0.1) is 11.3 Å². The second-order valence-electron chi connectivity index (χ2n) is 5.84. The van der Waals surface area contributed by atoms with Crippen molar-refractivity contribution in [2.24, 2.45) is 5.14 Å². The molecule has 0 unspecified atom stereocenters. The van der Waals surface area contributed by atoms with Crippen LogP contribution in [0.4, 0.5) is 5.82 Å². The molecule has 0 aliphatic heterocycles. The van der Waals surface area contributed by atoms with E-state index in [-0.39, 0.29) is 15.6 Å². The molecule has 0 radical (unpaired) electrons. The van der Waals surface area contributed by atoms with Crippen LogP contribution in [0.2, 0.25) is 0 Å². The lowest BCUT2D eigenvalue weighted by atomic mass is 10.3. The van der Waals surface area contributed by atoms with E-state index < -0.39 is 20.0 Å². The summed E-state index contributed by atoms with van der Waals surface area (Å²) in [6, 6.07) is 13.9. The lowest BCUT2D eigenvalue weighted by Gasteiger charge is -2.10. The summed E-state index contributed by atoms with van der Waals surface area (Å²) in [4.78, 5) is 4.81. The summed E-state index contributed by atoms with van der Waals surface area (Å²) in [6.07, 6.45) is 1.69. The number of nitrogens with one attached hydrogen (secondary N) is 1. The zero-order chi connectivity index (χ0) is 19.9. The fourth-order valence-electron chi connectivity index (χ4n) is 2.68. The third kappa shape index (κ3) is 3.40. The molecule has 0 fully saturated rings. The van der Waals surface area contributed by atoms with Crippen LogP contribution in [-0.4, -0.2) is 26.2 Å². The van der Waals surface area contributed by atoms with Crippen LogP contribution in [0, 0.1) is 0 Å². The molecule has 0 saturated heterocycles. The highest BCUT2D eigenvalue weighted by Crippen LogP contribution is 2.33. The van der Waals surface area contributed by atoms with Crippen molar-refractivity contribution >= 4 is 42.8 Å². The average molecular weight is 435 g/mol. The van der Waals surface area contributed by atoms with Gasteiger partial charge in [0.15, 0.2) is 5.82 Å². The molecule has 8 nitrogen and oxygen atoms in total. The molecule has 0 amide bonds. The number of aromatic nitrogens is 2. The quantitative estimate of drug-likeness (QED) is 0.499. The molecule has 0 saturated carbocycles. The Hall–Kier alpha value is -2.73. The van der Waals surface area contributed by atoms with Gasteiger partial charge in [0.05, 0.1) is 14.7 Å². The summed E-state index contributed by atoms with van der Waals surface area (Å²) in [5, 5.41) is 6.98. The number of thiophene rings is 1. The van der Waals surface area contributed by atoms with Gasteiger partial charge >= 0.3 is 0 Å². The van der Waals surface area contributed by atoms with Crippen LogP contribution in [-0.2, 0) is 20.0 Å². The number of pyridine rings is 1. The molecule has 0 atom stereocenters. The van der Waals surface area contributed by atoms with Crippen LogP contribution in [0.1, 0.15) is 0 Å². The van der Waals surface area contributed by atoms with E-state index in [1.807, 2.05) is 17.5 Å². The number of benzene rings is 1. The fourth-order valence-corrected chi connectivity index (χ4v) is 5.14. The molecule has 3 aromatic heterocycles. The summed E-state index contributed by atoms with van der Waals surface area (Å²) < 4.78 is 53.2. The van der Waals surface area contributed by atoms with E-state index in [1.165, 1.54) is 29.5 Å². The molecule has 28 heavy (non-hydrogen) atoms. The van der Waals surface area contributed by atoms with Crippen molar-refractivity contribution in [3.63, 3.8) is 0 Å². The first-order valence-electron chi connectivity index (χ1n) is 7.92. The van der Waals surface area contributed by atoms with Crippen LogP contribution in [0.15, 0.2) is 76.0 Å². The van der Waals surface area contributed by atoms with E-state index in [2.05, 4.69) is 9.71 Å². The Morgan fingerprint density at radius 2 is 1.75 bits per heavy atom. The maximum absolute atomic E-state index is 13.0. The third-order valence-corrected chi connectivity index (χ3v) is 7.08. The highest BCUT2D eigenvalue weighted by molar-refractivity contribution is 7.93. The van der Waals surface area contributed by atoms with E-state index in [0.717, 1.165) is 10.9 Å². The first-order valence-corrected chi connectivity index (χ1v) is 11.8. The van der Waals surface area contributed by atoms with E-state index in [1.54, 1.807) is 28.8 Å². The summed E-state index contributed by atoms with van der Waals surface area (Å²) in [5.74, 6) is 0.263. The van der Waals surface area contributed by atoms with Crippen molar-refractivity contribution in [3.05, 3.63) is 66.2 Å². The van der Waals surface area contributed by atoms with Gasteiger partial charge in [-0.3, -0.25) is 9.12 Å². The molecule has 1 aromatic carbocycles. The van der Waals surface area contributed by atoms with Gasteiger partial charge in [-0.05, 0) is 41.8 Å². The van der Waals surface area contributed by atoms with Crippen molar-refractivity contribution < 1.29 is 16.8 Å². The number of imidazole rings is 1. The summed E-state index contributed by atoms with van der Waals surface area (Å²) in [7, 11) is -8.13. The van der Waals surface area contributed by atoms with E-state index in [0.29, 0.717) is 11.3 Å². The Labute approximate surface area is 165 Å². The van der Waals surface area contributed by atoms with Crippen LogP contribution < -0.4 is 9.86 Å². The van der Waals surface area contributed by atoms with E-state index in [9.17, 15) is 16.8 Å². The average Bonchev–Trinajstić information content (AvgIpc) is 3.29. The van der Waals surface area contributed by atoms with Gasteiger partial charge in [-0.2, -0.15) is 0 Å². The number of anilines is 1.